The molecule has 1 atom stereocenters. The predicted molar refractivity (Wildman–Crippen MR) is 83.6 cm³/mol. The van der Waals surface area contributed by atoms with E-state index in [-0.39, 0.29) is 18.4 Å². The van der Waals surface area contributed by atoms with Crippen molar-refractivity contribution in [1.29, 1.82) is 0 Å². The van der Waals surface area contributed by atoms with E-state index in [1.165, 1.54) is 0 Å². The van der Waals surface area contributed by atoms with Crippen molar-refractivity contribution in [2.45, 2.75) is 25.6 Å². The number of aromatic nitrogens is 3. The lowest BCUT2D eigenvalue weighted by atomic mass is 10.2. The van der Waals surface area contributed by atoms with E-state index in [9.17, 15) is 13.2 Å². The highest BCUT2D eigenvalue weighted by molar-refractivity contribution is 5.43. The molecule has 2 aromatic heterocycles. The van der Waals surface area contributed by atoms with Gasteiger partial charge in [-0.3, -0.25) is 4.98 Å². The molecule has 0 aromatic carbocycles. The number of hydrogen-bond donors (Lipinski definition) is 3. The Labute approximate surface area is 137 Å². The van der Waals surface area contributed by atoms with Crippen LogP contribution in [0.5, 0.6) is 0 Å². The number of rotatable bonds is 7. The minimum Gasteiger partial charge on any atom is -0.394 e. The molecule has 0 amide bonds. The largest absolute Gasteiger partial charge is 0.433 e. The zero-order valence-electron chi connectivity index (χ0n) is 13.0. The van der Waals surface area contributed by atoms with E-state index >= 15 is 0 Å². The number of aliphatic hydroxyl groups is 1. The average molecular weight is 341 g/mol. The Bertz CT molecular complexity index is 651. The quantitative estimate of drug-likeness (QED) is 0.717. The van der Waals surface area contributed by atoms with E-state index in [0.717, 1.165) is 11.8 Å². The summed E-state index contributed by atoms with van der Waals surface area (Å²) in [5.74, 6) is -0.132. The van der Waals surface area contributed by atoms with E-state index in [1.807, 2.05) is 12.1 Å². The highest BCUT2D eigenvalue weighted by Gasteiger charge is 2.33. The van der Waals surface area contributed by atoms with Gasteiger partial charge in [-0.25, -0.2) is 4.98 Å². The van der Waals surface area contributed by atoms with E-state index in [1.54, 1.807) is 19.2 Å². The zero-order valence-corrected chi connectivity index (χ0v) is 13.0. The van der Waals surface area contributed by atoms with Crippen LogP contribution in [-0.2, 0) is 12.6 Å². The molecule has 0 saturated heterocycles. The van der Waals surface area contributed by atoms with Crippen molar-refractivity contribution in [1.82, 2.24) is 15.0 Å². The van der Waals surface area contributed by atoms with Crippen molar-refractivity contribution in [3.05, 3.63) is 41.9 Å². The van der Waals surface area contributed by atoms with E-state index in [2.05, 4.69) is 25.6 Å². The summed E-state index contributed by atoms with van der Waals surface area (Å²) in [6, 6.07) is 5.85. The van der Waals surface area contributed by atoms with Gasteiger partial charge >= 0.3 is 6.18 Å². The highest BCUT2D eigenvalue weighted by atomic mass is 19.4. The lowest BCUT2D eigenvalue weighted by molar-refractivity contribution is -0.141. The van der Waals surface area contributed by atoms with Crippen LogP contribution in [0.4, 0.5) is 24.9 Å². The monoisotopic (exact) mass is 341 g/mol. The van der Waals surface area contributed by atoms with Gasteiger partial charge in [-0.1, -0.05) is 6.07 Å². The van der Waals surface area contributed by atoms with Gasteiger partial charge in [0.05, 0.1) is 6.61 Å². The molecular weight excluding hydrogens is 323 g/mol. The topological polar surface area (TPSA) is 83.0 Å². The standard InChI is InChI=1S/C15H18F3N5O/c1-10(9-24)21-14-22-12(15(16,17)18)8-13(23-14)20-7-5-11-4-2-3-6-19-11/h2-4,6,8,10,24H,5,7,9H2,1H3,(H2,20,21,22,23)/t10-/m0/s1. The number of nitrogens with one attached hydrogen (secondary N) is 2. The number of alkyl halides is 3. The van der Waals surface area contributed by atoms with E-state index < -0.39 is 17.9 Å². The summed E-state index contributed by atoms with van der Waals surface area (Å²) >= 11 is 0. The Balaban J connectivity index is 2.10. The molecule has 0 aliphatic heterocycles. The molecule has 0 aliphatic rings. The Morgan fingerprint density at radius 2 is 2.04 bits per heavy atom. The molecule has 0 unspecified atom stereocenters. The van der Waals surface area contributed by atoms with Gasteiger partial charge in [0.15, 0.2) is 5.69 Å². The molecule has 130 valence electrons. The maximum Gasteiger partial charge on any atom is 0.433 e. The van der Waals surface area contributed by atoms with E-state index in [0.29, 0.717) is 13.0 Å². The molecule has 9 heteroatoms. The first-order chi connectivity index (χ1) is 11.4. The molecule has 0 bridgehead atoms. The number of hydrogen-bond acceptors (Lipinski definition) is 6. The van der Waals surface area contributed by atoms with Crippen LogP contribution in [0.1, 0.15) is 18.3 Å². The molecule has 2 aromatic rings. The average Bonchev–Trinajstić information content (AvgIpc) is 2.55. The lowest BCUT2D eigenvalue weighted by Crippen LogP contribution is -2.23. The van der Waals surface area contributed by atoms with Crippen LogP contribution >= 0.6 is 0 Å². The van der Waals surface area contributed by atoms with Gasteiger partial charge in [-0.05, 0) is 19.1 Å². The van der Waals surface area contributed by atoms with Crippen LogP contribution in [-0.4, -0.2) is 39.3 Å². The zero-order chi connectivity index (χ0) is 17.6. The van der Waals surface area contributed by atoms with Crippen molar-refractivity contribution < 1.29 is 18.3 Å². The van der Waals surface area contributed by atoms with Crippen molar-refractivity contribution in [3.8, 4) is 0 Å². The minimum absolute atomic E-state index is 0.0564. The Morgan fingerprint density at radius 1 is 1.25 bits per heavy atom. The van der Waals surface area contributed by atoms with Gasteiger partial charge in [-0.2, -0.15) is 18.2 Å². The van der Waals surface area contributed by atoms with Gasteiger partial charge < -0.3 is 15.7 Å². The predicted octanol–water partition coefficient (Wildman–Crippen LogP) is 2.34. The van der Waals surface area contributed by atoms with Gasteiger partial charge in [-0.15, -0.1) is 0 Å². The van der Waals surface area contributed by atoms with Crippen LogP contribution in [0.2, 0.25) is 0 Å². The van der Waals surface area contributed by atoms with Gasteiger partial charge in [0.2, 0.25) is 5.95 Å². The second-order valence-corrected chi connectivity index (χ2v) is 5.19. The van der Waals surface area contributed by atoms with Crippen molar-refractivity contribution in [2.75, 3.05) is 23.8 Å². The van der Waals surface area contributed by atoms with Crippen molar-refractivity contribution in [2.24, 2.45) is 0 Å². The molecule has 6 nitrogen and oxygen atoms in total. The summed E-state index contributed by atoms with van der Waals surface area (Å²) in [4.78, 5) is 11.6. The number of nitrogens with zero attached hydrogens (tertiary/aromatic N) is 3. The number of aliphatic hydroxyl groups excluding tert-OH is 1. The van der Waals surface area contributed by atoms with Crippen LogP contribution in [0.15, 0.2) is 30.5 Å². The molecule has 0 radical (unpaired) electrons. The van der Waals surface area contributed by atoms with Crippen molar-refractivity contribution in [3.63, 3.8) is 0 Å². The van der Waals surface area contributed by atoms with Gasteiger partial charge in [0, 0.05) is 37.0 Å². The molecule has 2 rings (SSSR count). The SMILES string of the molecule is C[C@@H](CO)Nc1nc(NCCc2ccccn2)cc(C(F)(F)F)n1. The Morgan fingerprint density at radius 3 is 2.67 bits per heavy atom. The van der Waals surface area contributed by atoms with Crippen LogP contribution < -0.4 is 10.6 Å². The third kappa shape index (κ3) is 5.34. The normalized spacial score (nSPS) is 12.7. The van der Waals surface area contributed by atoms with Gasteiger partial charge in [0.25, 0.3) is 0 Å². The lowest BCUT2D eigenvalue weighted by Gasteiger charge is -2.15. The number of halogens is 3. The van der Waals surface area contributed by atoms with Crippen LogP contribution in [0, 0.1) is 0 Å². The first-order valence-corrected chi connectivity index (χ1v) is 7.36. The van der Waals surface area contributed by atoms with Crippen LogP contribution in [0.25, 0.3) is 0 Å². The molecule has 0 spiro atoms. The summed E-state index contributed by atoms with van der Waals surface area (Å²) in [6.45, 7) is 1.74. The Kier molecular flexibility index (Phi) is 5.91. The summed E-state index contributed by atoms with van der Waals surface area (Å²) in [7, 11) is 0. The first kappa shape index (κ1) is 17.9. The summed E-state index contributed by atoms with van der Waals surface area (Å²) in [5, 5.41) is 14.5. The summed E-state index contributed by atoms with van der Waals surface area (Å²) < 4.78 is 38.8. The molecule has 0 saturated carbocycles. The third-order valence-electron chi connectivity index (χ3n) is 3.08. The summed E-state index contributed by atoms with van der Waals surface area (Å²) in [6.07, 6.45) is -2.39. The minimum atomic E-state index is -4.58. The van der Waals surface area contributed by atoms with E-state index in [4.69, 9.17) is 5.11 Å². The van der Waals surface area contributed by atoms with Gasteiger partial charge in [0.1, 0.15) is 5.82 Å². The maximum absolute atomic E-state index is 12.9. The Hall–Kier alpha value is -2.42. The third-order valence-corrected chi connectivity index (χ3v) is 3.08. The fourth-order valence-electron chi connectivity index (χ4n) is 1.88. The number of pyridine rings is 1. The first-order valence-electron chi connectivity index (χ1n) is 7.36. The molecule has 24 heavy (non-hydrogen) atoms. The molecule has 2 heterocycles. The second-order valence-electron chi connectivity index (χ2n) is 5.19. The highest BCUT2D eigenvalue weighted by Crippen LogP contribution is 2.29. The molecule has 0 fully saturated rings. The fourth-order valence-corrected chi connectivity index (χ4v) is 1.88. The second kappa shape index (κ2) is 7.91. The van der Waals surface area contributed by atoms with Crippen molar-refractivity contribution >= 4 is 11.8 Å². The smallest absolute Gasteiger partial charge is 0.394 e. The summed E-state index contributed by atoms with van der Waals surface area (Å²) in [5.41, 5.74) is -0.229. The molecular formula is C15H18F3N5O. The maximum atomic E-state index is 12.9. The molecule has 3 N–H and O–H groups in total. The number of anilines is 2. The molecule has 0 aliphatic carbocycles. The van der Waals surface area contributed by atoms with Crippen LogP contribution in [0.3, 0.4) is 0 Å². The fraction of sp³-hybridized carbons (Fsp3) is 0.400.